The molecule has 0 aliphatic heterocycles. The Kier molecular flexibility index (Phi) is 5.84. The van der Waals surface area contributed by atoms with E-state index in [9.17, 15) is 9.59 Å². The summed E-state index contributed by atoms with van der Waals surface area (Å²) in [5, 5.41) is 5.41. The van der Waals surface area contributed by atoms with Gasteiger partial charge in [-0.2, -0.15) is 0 Å². The van der Waals surface area contributed by atoms with E-state index >= 15 is 0 Å². The van der Waals surface area contributed by atoms with Crippen LogP contribution >= 0.6 is 0 Å². The van der Waals surface area contributed by atoms with Crippen LogP contribution in [0.5, 0.6) is 0 Å². The fraction of sp³-hybridized carbons (Fsp3) is 0.882. The van der Waals surface area contributed by atoms with Crippen molar-refractivity contribution in [3.05, 3.63) is 0 Å². The predicted molar refractivity (Wildman–Crippen MR) is 85.2 cm³/mol. The largest absolute Gasteiger partial charge is 0.376 e. The number of hydrogen-bond donors (Lipinski definition) is 2. The van der Waals surface area contributed by atoms with Crippen LogP contribution in [0.1, 0.15) is 46.5 Å². The molecule has 5 heteroatoms. The van der Waals surface area contributed by atoms with Crippen molar-refractivity contribution in [1.29, 1.82) is 0 Å². The zero-order valence-corrected chi connectivity index (χ0v) is 14.2. The minimum atomic E-state index is -0.626. The molecule has 126 valence electrons. The van der Waals surface area contributed by atoms with Crippen LogP contribution in [-0.4, -0.2) is 37.6 Å². The molecule has 0 aromatic carbocycles. The molecule has 2 aliphatic rings. The van der Waals surface area contributed by atoms with E-state index in [-0.39, 0.29) is 23.8 Å². The summed E-state index contributed by atoms with van der Waals surface area (Å²) in [4.78, 5) is 23.9. The van der Waals surface area contributed by atoms with Gasteiger partial charge in [0.05, 0.1) is 12.7 Å². The Labute approximate surface area is 133 Å². The number of fused-ring (bicyclic) bond motifs is 2. The highest BCUT2D eigenvalue weighted by atomic mass is 16.5. The highest BCUT2D eigenvalue weighted by Gasteiger charge is 2.40. The minimum absolute atomic E-state index is 0.121. The number of likely N-dealkylation sites (N-methyl/N-ethyl adjacent to an activating group) is 1. The molecule has 0 saturated heterocycles. The lowest BCUT2D eigenvalue weighted by atomic mass is 9.89. The Hall–Kier alpha value is -1.10. The predicted octanol–water partition coefficient (Wildman–Crippen LogP) is 1.71. The first kappa shape index (κ1) is 17.3. The lowest BCUT2D eigenvalue weighted by Crippen LogP contribution is -2.53. The van der Waals surface area contributed by atoms with E-state index in [1.54, 1.807) is 7.05 Å². The lowest BCUT2D eigenvalue weighted by Gasteiger charge is -2.28. The zero-order chi connectivity index (χ0) is 16.3. The lowest BCUT2D eigenvalue weighted by molar-refractivity contribution is -0.134. The average Bonchev–Trinajstić information content (AvgIpc) is 3.11. The van der Waals surface area contributed by atoms with E-state index in [1.165, 1.54) is 25.7 Å². The van der Waals surface area contributed by atoms with E-state index in [0.717, 1.165) is 11.8 Å². The number of hydrogen-bond acceptors (Lipinski definition) is 3. The molecular weight excluding hydrogens is 280 g/mol. The van der Waals surface area contributed by atoms with Gasteiger partial charge >= 0.3 is 0 Å². The van der Waals surface area contributed by atoms with Crippen molar-refractivity contribution in [1.82, 2.24) is 10.6 Å². The molecule has 2 N–H and O–H groups in total. The maximum Gasteiger partial charge on any atom is 0.245 e. The van der Waals surface area contributed by atoms with Gasteiger partial charge in [0.2, 0.25) is 11.8 Å². The molecule has 0 aromatic heterocycles. The number of rotatable bonds is 7. The summed E-state index contributed by atoms with van der Waals surface area (Å²) in [7, 11) is 1.58. The molecule has 5 atom stereocenters. The molecular formula is C17H30N2O3. The standard InChI is InChI=1S/C17H30N2O3/c1-10(2)16(20)19-15(17(21)18-4)11(3)22-9-14-8-12-5-6-13(14)7-12/h10-15H,5-9H2,1-4H3,(H,18,21)(H,19,20)/t11?,12-,13+,14?,15?/m0/s1. The molecule has 0 heterocycles. The Balaban J connectivity index is 1.86. The van der Waals surface area contributed by atoms with Crippen LogP contribution < -0.4 is 10.6 Å². The summed E-state index contributed by atoms with van der Waals surface area (Å²) >= 11 is 0. The van der Waals surface area contributed by atoms with Crippen LogP contribution in [0.3, 0.4) is 0 Å². The summed E-state index contributed by atoms with van der Waals surface area (Å²) < 4.78 is 5.97. The smallest absolute Gasteiger partial charge is 0.245 e. The SMILES string of the molecule is CNC(=O)C(NC(=O)C(C)C)C(C)OCC1C[C@H]2CC[C@@H]1C2. The number of carbonyl (C=O) groups is 2. The number of amides is 2. The van der Waals surface area contributed by atoms with Gasteiger partial charge in [0.25, 0.3) is 0 Å². The fourth-order valence-electron chi connectivity index (χ4n) is 3.82. The number of nitrogens with one attached hydrogen (secondary N) is 2. The van der Waals surface area contributed by atoms with Gasteiger partial charge in [-0.25, -0.2) is 0 Å². The highest BCUT2D eigenvalue weighted by Crippen LogP contribution is 2.48. The second-order valence-corrected chi connectivity index (χ2v) is 7.23. The number of ether oxygens (including phenoxy) is 1. The Morgan fingerprint density at radius 1 is 1.14 bits per heavy atom. The molecule has 2 saturated carbocycles. The molecule has 0 aromatic rings. The monoisotopic (exact) mass is 310 g/mol. The minimum Gasteiger partial charge on any atom is -0.376 e. The van der Waals surface area contributed by atoms with Crippen molar-refractivity contribution in [3.63, 3.8) is 0 Å². The molecule has 2 aliphatic carbocycles. The second-order valence-electron chi connectivity index (χ2n) is 7.23. The van der Waals surface area contributed by atoms with Crippen molar-refractivity contribution in [2.75, 3.05) is 13.7 Å². The fourth-order valence-corrected chi connectivity index (χ4v) is 3.82. The van der Waals surface area contributed by atoms with Crippen LogP contribution in [0.2, 0.25) is 0 Å². The van der Waals surface area contributed by atoms with Gasteiger partial charge in [0.15, 0.2) is 0 Å². The van der Waals surface area contributed by atoms with Gasteiger partial charge in [0, 0.05) is 13.0 Å². The Morgan fingerprint density at radius 3 is 2.36 bits per heavy atom. The van der Waals surface area contributed by atoms with Crippen LogP contribution in [-0.2, 0) is 14.3 Å². The first-order valence-electron chi connectivity index (χ1n) is 8.56. The van der Waals surface area contributed by atoms with Crippen LogP contribution in [0, 0.1) is 23.7 Å². The molecule has 2 bridgehead atoms. The third-order valence-corrected chi connectivity index (χ3v) is 5.28. The van der Waals surface area contributed by atoms with Gasteiger partial charge in [-0.05, 0) is 43.9 Å². The van der Waals surface area contributed by atoms with Crippen LogP contribution in [0.15, 0.2) is 0 Å². The maximum absolute atomic E-state index is 12.0. The van der Waals surface area contributed by atoms with E-state index in [2.05, 4.69) is 10.6 Å². The average molecular weight is 310 g/mol. The van der Waals surface area contributed by atoms with Crippen molar-refractivity contribution in [2.45, 2.75) is 58.6 Å². The molecule has 0 spiro atoms. The molecule has 2 rings (SSSR count). The molecule has 0 radical (unpaired) electrons. The van der Waals surface area contributed by atoms with Gasteiger partial charge < -0.3 is 15.4 Å². The van der Waals surface area contributed by atoms with E-state index in [1.807, 2.05) is 20.8 Å². The van der Waals surface area contributed by atoms with Gasteiger partial charge in [-0.3, -0.25) is 9.59 Å². The van der Waals surface area contributed by atoms with Crippen molar-refractivity contribution in [2.24, 2.45) is 23.7 Å². The summed E-state index contributed by atoms with van der Waals surface area (Å²) in [5.41, 5.74) is 0. The van der Waals surface area contributed by atoms with Crippen molar-refractivity contribution < 1.29 is 14.3 Å². The quantitative estimate of drug-likeness (QED) is 0.752. The third-order valence-electron chi connectivity index (χ3n) is 5.28. The summed E-state index contributed by atoms with van der Waals surface area (Å²) in [5.74, 6) is 1.86. The van der Waals surface area contributed by atoms with Gasteiger partial charge in [0.1, 0.15) is 6.04 Å². The molecule has 3 unspecified atom stereocenters. The molecule has 2 fully saturated rings. The Morgan fingerprint density at radius 2 is 1.86 bits per heavy atom. The van der Waals surface area contributed by atoms with E-state index in [0.29, 0.717) is 12.5 Å². The highest BCUT2D eigenvalue weighted by molar-refractivity contribution is 5.88. The molecule has 22 heavy (non-hydrogen) atoms. The van der Waals surface area contributed by atoms with E-state index < -0.39 is 6.04 Å². The molecule has 5 nitrogen and oxygen atoms in total. The summed E-state index contributed by atoms with van der Waals surface area (Å²) in [6.45, 7) is 6.20. The van der Waals surface area contributed by atoms with Gasteiger partial charge in [-0.15, -0.1) is 0 Å². The van der Waals surface area contributed by atoms with Gasteiger partial charge in [-0.1, -0.05) is 20.3 Å². The van der Waals surface area contributed by atoms with Crippen LogP contribution in [0.25, 0.3) is 0 Å². The summed E-state index contributed by atoms with van der Waals surface area (Å²) in [6.07, 6.45) is 5.01. The van der Waals surface area contributed by atoms with Crippen LogP contribution in [0.4, 0.5) is 0 Å². The first-order valence-corrected chi connectivity index (χ1v) is 8.56. The zero-order valence-electron chi connectivity index (χ0n) is 14.2. The number of carbonyl (C=O) groups excluding carboxylic acids is 2. The Bertz CT molecular complexity index is 411. The topological polar surface area (TPSA) is 67.4 Å². The summed E-state index contributed by atoms with van der Waals surface area (Å²) in [6, 6.07) is -0.626. The maximum atomic E-state index is 12.0. The van der Waals surface area contributed by atoms with Crippen molar-refractivity contribution in [3.8, 4) is 0 Å². The molecule has 2 amide bonds. The third kappa shape index (κ3) is 4.00. The normalized spacial score (nSPS) is 29.4. The first-order chi connectivity index (χ1) is 10.4. The van der Waals surface area contributed by atoms with E-state index in [4.69, 9.17) is 4.74 Å². The van der Waals surface area contributed by atoms with Crippen molar-refractivity contribution >= 4 is 11.8 Å². The second kappa shape index (κ2) is 7.44.